The molecule has 1 aliphatic heterocycles. The standard InChI is InChI=1S/C21H23F3N2O3S/c1-12-8-17(30-11-12)16-10-20(29-26-16,21(22,23)24)14-6-7-15(13(2)9-14)25-18(27)28-19(3,4)5/h6-9,11H,10H2,1-5H3,(H,25,27). The van der Waals surface area contributed by atoms with Crippen LogP contribution in [0.1, 0.15) is 48.8 Å². The van der Waals surface area contributed by atoms with Gasteiger partial charge in [-0.2, -0.15) is 13.2 Å². The Morgan fingerprint density at radius 2 is 1.93 bits per heavy atom. The van der Waals surface area contributed by atoms with Crippen LogP contribution >= 0.6 is 11.3 Å². The van der Waals surface area contributed by atoms with Crippen molar-refractivity contribution in [1.82, 2.24) is 0 Å². The number of anilines is 1. The minimum Gasteiger partial charge on any atom is -0.444 e. The number of halogens is 3. The summed E-state index contributed by atoms with van der Waals surface area (Å²) in [4.78, 5) is 17.7. The number of aryl methyl sites for hydroxylation is 2. The van der Waals surface area contributed by atoms with Crippen molar-refractivity contribution < 1.29 is 27.5 Å². The van der Waals surface area contributed by atoms with Crippen LogP contribution in [0.25, 0.3) is 0 Å². The highest BCUT2D eigenvalue weighted by Gasteiger charge is 2.62. The van der Waals surface area contributed by atoms with Gasteiger partial charge in [-0.1, -0.05) is 11.2 Å². The van der Waals surface area contributed by atoms with Crippen molar-refractivity contribution in [2.24, 2.45) is 5.16 Å². The van der Waals surface area contributed by atoms with Crippen molar-refractivity contribution in [3.8, 4) is 0 Å². The Kier molecular flexibility index (Phi) is 5.62. The number of nitrogens with one attached hydrogen (secondary N) is 1. The van der Waals surface area contributed by atoms with E-state index >= 15 is 0 Å². The van der Waals surface area contributed by atoms with Crippen molar-refractivity contribution in [2.45, 2.75) is 58.4 Å². The fraction of sp³-hybridized carbons (Fsp3) is 0.429. The van der Waals surface area contributed by atoms with E-state index in [1.807, 2.05) is 12.3 Å². The van der Waals surface area contributed by atoms with Gasteiger partial charge in [0.15, 0.2) is 0 Å². The smallest absolute Gasteiger partial charge is 0.435 e. The molecule has 2 aromatic rings. The Labute approximate surface area is 176 Å². The van der Waals surface area contributed by atoms with Crippen LogP contribution in [-0.2, 0) is 15.2 Å². The second-order valence-corrected chi connectivity index (χ2v) is 9.19. The molecule has 1 N–H and O–H groups in total. The number of benzene rings is 1. The normalized spacial score (nSPS) is 19.3. The highest BCUT2D eigenvalue weighted by molar-refractivity contribution is 7.12. The Bertz CT molecular complexity index is 992. The second-order valence-electron chi connectivity index (χ2n) is 8.28. The van der Waals surface area contributed by atoms with Gasteiger partial charge in [0, 0.05) is 11.3 Å². The number of rotatable bonds is 3. The van der Waals surface area contributed by atoms with E-state index in [1.165, 1.54) is 29.5 Å². The third kappa shape index (κ3) is 4.45. The van der Waals surface area contributed by atoms with E-state index in [0.717, 1.165) is 5.56 Å². The summed E-state index contributed by atoms with van der Waals surface area (Å²) in [5, 5.41) is 8.19. The number of nitrogens with zero attached hydrogens (tertiary/aromatic N) is 1. The SMILES string of the molecule is Cc1csc(C2=NOC(c3ccc(NC(=O)OC(C)(C)C)c(C)c3)(C(F)(F)F)C2)c1. The zero-order valence-electron chi connectivity index (χ0n) is 17.3. The molecule has 5 nitrogen and oxygen atoms in total. The summed E-state index contributed by atoms with van der Waals surface area (Å²) in [5.74, 6) is 0. The molecule has 1 aliphatic rings. The zero-order chi connectivity index (χ0) is 22.3. The monoisotopic (exact) mass is 440 g/mol. The Balaban J connectivity index is 1.88. The number of amides is 1. The molecule has 0 aliphatic carbocycles. The van der Waals surface area contributed by atoms with E-state index in [9.17, 15) is 18.0 Å². The van der Waals surface area contributed by atoms with Crippen LogP contribution in [0.15, 0.2) is 34.8 Å². The minimum absolute atomic E-state index is 0.0748. The molecule has 0 bridgehead atoms. The number of hydrogen-bond donors (Lipinski definition) is 1. The van der Waals surface area contributed by atoms with Crippen molar-refractivity contribution in [3.63, 3.8) is 0 Å². The van der Waals surface area contributed by atoms with Gasteiger partial charge >= 0.3 is 12.3 Å². The van der Waals surface area contributed by atoms with Crippen LogP contribution < -0.4 is 5.32 Å². The lowest BCUT2D eigenvalue weighted by molar-refractivity contribution is -0.275. The molecule has 0 saturated carbocycles. The summed E-state index contributed by atoms with van der Waals surface area (Å²) in [5.41, 5.74) is -1.31. The van der Waals surface area contributed by atoms with E-state index in [2.05, 4.69) is 10.5 Å². The summed E-state index contributed by atoms with van der Waals surface area (Å²) >= 11 is 1.33. The average molecular weight is 440 g/mol. The third-order valence-corrected chi connectivity index (χ3v) is 5.63. The molecular formula is C21H23F3N2O3S. The van der Waals surface area contributed by atoms with Gasteiger partial charge < -0.3 is 9.57 Å². The number of alkyl halides is 3. The van der Waals surface area contributed by atoms with Gasteiger partial charge in [-0.3, -0.25) is 5.32 Å². The van der Waals surface area contributed by atoms with Crippen molar-refractivity contribution in [3.05, 3.63) is 51.2 Å². The van der Waals surface area contributed by atoms with Crippen LogP contribution in [0.5, 0.6) is 0 Å². The van der Waals surface area contributed by atoms with Crippen molar-refractivity contribution >= 4 is 28.8 Å². The van der Waals surface area contributed by atoms with Crippen LogP contribution in [0, 0.1) is 13.8 Å². The van der Waals surface area contributed by atoms with Crippen LogP contribution in [-0.4, -0.2) is 23.6 Å². The fourth-order valence-corrected chi connectivity index (χ4v) is 3.97. The highest BCUT2D eigenvalue weighted by atomic mass is 32.1. The van der Waals surface area contributed by atoms with Crippen LogP contribution in [0.3, 0.4) is 0 Å². The molecule has 162 valence electrons. The molecule has 3 rings (SSSR count). The van der Waals surface area contributed by atoms with Gasteiger partial charge in [0.1, 0.15) is 11.3 Å². The minimum atomic E-state index is -4.68. The zero-order valence-corrected chi connectivity index (χ0v) is 18.1. The lowest BCUT2D eigenvalue weighted by Gasteiger charge is -2.30. The molecule has 9 heteroatoms. The molecule has 1 amide bonds. The van der Waals surface area contributed by atoms with Gasteiger partial charge in [-0.15, -0.1) is 11.3 Å². The maximum atomic E-state index is 14.1. The predicted octanol–water partition coefficient (Wildman–Crippen LogP) is 6.29. The predicted molar refractivity (Wildman–Crippen MR) is 110 cm³/mol. The Morgan fingerprint density at radius 1 is 1.23 bits per heavy atom. The summed E-state index contributed by atoms with van der Waals surface area (Å²) < 4.78 is 47.6. The average Bonchev–Trinajstić information content (AvgIpc) is 3.21. The molecule has 1 aromatic heterocycles. The van der Waals surface area contributed by atoms with Gasteiger partial charge in [0.05, 0.1) is 11.3 Å². The second kappa shape index (κ2) is 7.61. The first kappa shape index (κ1) is 22.1. The van der Waals surface area contributed by atoms with E-state index in [1.54, 1.807) is 33.8 Å². The summed E-state index contributed by atoms with van der Waals surface area (Å²) in [6.45, 7) is 8.64. The lowest BCUT2D eigenvalue weighted by Crippen LogP contribution is -2.42. The fourth-order valence-electron chi connectivity index (χ4n) is 3.09. The quantitative estimate of drug-likeness (QED) is 0.610. The molecule has 1 unspecified atom stereocenters. The highest BCUT2D eigenvalue weighted by Crippen LogP contribution is 2.49. The molecule has 0 radical (unpaired) electrons. The van der Waals surface area contributed by atoms with E-state index < -0.39 is 29.9 Å². The Morgan fingerprint density at radius 3 is 2.47 bits per heavy atom. The number of hydrogen-bond acceptors (Lipinski definition) is 5. The maximum absolute atomic E-state index is 14.1. The molecule has 1 aromatic carbocycles. The third-order valence-electron chi connectivity index (χ3n) is 4.53. The van der Waals surface area contributed by atoms with Crippen LogP contribution in [0.2, 0.25) is 0 Å². The molecular weight excluding hydrogens is 417 g/mol. The largest absolute Gasteiger partial charge is 0.444 e. The number of thiophene rings is 1. The first-order valence-corrected chi connectivity index (χ1v) is 10.2. The molecule has 0 spiro atoms. The summed E-state index contributed by atoms with van der Waals surface area (Å²) in [7, 11) is 0. The lowest BCUT2D eigenvalue weighted by atomic mass is 9.86. The molecule has 0 saturated heterocycles. The van der Waals surface area contributed by atoms with Crippen LogP contribution in [0.4, 0.5) is 23.7 Å². The van der Waals surface area contributed by atoms with Crippen molar-refractivity contribution in [2.75, 3.05) is 5.32 Å². The Hall–Kier alpha value is -2.55. The summed E-state index contributed by atoms with van der Waals surface area (Å²) in [6, 6.07) is 5.86. The summed E-state index contributed by atoms with van der Waals surface area (Å²) in [6.07, 6.45) is -5.79. The first-order valence-electron chi connectivity index (χ1n) is 9.29. The van der Waals surface area contributed by atoms with Crippen molar-refractivity contribution in [1.29, 1.82) is 0 Å². The molecule has 30 heavy (non-hydrogen) atoms. The number of oxime groups is 1. The molecule has 2 heterocycles. The van der Waals surface area contributed by atoms with Gasteiger partial charge in [-0.05, 0) is 69.3 Å². The van der Waals surface area contributed by atoms with E-state index in [0.29, 0.717) is 16.1 Å². The maximum Gasteiger partial charge on any atom is 0.435 e. The topological polar surface area (TPSA) is 59.9 Å². The number of ether oxygens (including phenoxy) is 1. The van der Waals surface area contributed by atoms with E-state index in [-0.39, 0.29) is 11.3 Å². The first-order chi connectivity index (χ1) is 13.8. The molecule has 0 fully saturated rings. The molecule has 1 atom stereocenters. The number of carbonyl (C=O) groups is 1. The number of carbonyl (C=O) groups excluding carboxylic acids is 1. The van der Waals surface area contributed by atoms with Gasteiger partial charge in [0.2, 0.25) is 0 Å². The van der Waals surface area contributed by atoms with Gasteiger partial charge in [-0.25, -0.2) is 4.79 Å². The van der Waals surface area contributed by atoms with E-state index in [4.69, 9.17) is 9.57 Å². The van der Waals surface area contributed by atoms with Gasteiger partial charge in [0.25, 0.3) is 5.60 Å².